The largest absolute Gasteiger partial charge is 0.247 e. The highest BCUT2D eigenvalue weighted by Gasteiger charge is 2.17. The summed E-state index contributed by atoms with van der Waals surface area (Å²) in [5.41, 5.74) is 10.1. The molecule has 0 radical (unpaired) electrons. The predicted octanol–water partition coefficient (Wildman–Crippen LogP) is 12.9. The van der Waals surface area contributed by atoms with Crippen LogP contribution in [0.4, 0.5) is 0 Å². The van der Waals surface area contributed by atoms with Crippen molar-refractivity contribution in [2.75, 3.05) is 0 Å². The molecule has 10 aromatic rings. The van der Waals surface area contributed by atoms with Gasteiger partial charge in [-0.05, 0) is 41.5 Å². The second kappa shape index (κ2) is 12.1. The Morgan fingerprint density at radius 2 is 0.922 bits per heavy atom. The molecular weight excluding hydrogens is 639 g/mol. The van der Waals surface area contributed by atoms with Crippen molar-refractivity contribution in [2.24, 2.45) is 0 Å². The monoisotopic (exact) mass is 667 g/mol. The molecule has 0 saturated carbocycles. The van der Waals surface area contributed by atoms with E-state index in [0.29, 0.717) is 5.82 Å². The van der Waals surface area contributed by atoms with Crippen LogP contribution in [0.15, 0.2) is 176 Å². The molecule has 0 aliphatic carbocycles. The summed E-state index contributed by atoms with van der Waals surface area (Å²) in [7, 11) is 0. The van der Waals surface area contributed by atoms with Gasteiger partial charge < -0.3 is 0 Å². The highest BCUT2D eigenvalue weighted by atomic mass is 32.1. The zero-order chi connectivity index (χ0) is 33.7. The number of hydrogen-bond donors (Lipinski definition) is 0. The van der Waals surface area contributed by atoms with Crippen LogP contribution >= 0.6 is 11.3 Å². The van der Waals surface area contributed by atoms with Gasteiger partial charge in [0.05, 0.1) is 22.6 Å². The van der Waals surface area contributed by atoms with E-state index in [4.69, 9.17) is 15.0 Å². The third-order valence-corrected chi connectivity index (χ3v) is 10.9. The molecule has 10 rings (SSSR count). The maximum Gasteiger partial charge on any atom is 0.160 e. The van der Waals surface area contributed by atoms with Crippen LogP contribution in [0.3, 0.4) is 0 Å². The second-order valence-corrected chi connectivity index (χ2v) is 13.8. The van der Waals surface area contributed by atoms with Gasteiger partial charge in [-0.3, -0.25) is 0 Å². The highest BCUT2D eigenvalue weighted by Crippen LogP contribution is 2.43. The van der Waals surface area contributed by atoms with Crippen LogP contribution in [-0.2, 0) is 0 Å². The summed E-state index contributed by atoms with van der Waals surface area (Å²) in [5.74, 6) is 0.694. The van der Waals surface area contributed by atoms with Gasteiger partial charge in [-0.1, -0.05) is 146 Å². The van der Waals surface area contributed by atoms with E-state index in [1.165, 1.54) is 36.5 Å². The van der Waals surface area contributed by atoms with Crippen molar-refractivity contribution in [1.29, 1.82) is 0 Å². The van der Waals surface area contributed by atoms with Gasteiger partial charge in [0.25, 0.3) is 0 Å². The number of nitrogens with zero attached hydrogens (tertiary/aromatic N) is 3. The number of aromatic nitrogens is 3. The maximum absolute atomic E-state index is 5.31. The number of pyridine rings is 1. The van der Waals surface area contributed by atoms with Crippen molar-refractivity contribution in [1.82, 2.24) is 15.0 Å². The number of hydrogen-bond acceptors (Lipinski definition) is 4. The fourth-order valence-electron chi connectivity index (χ4n) is 7.21. The first-order chi connectivity index (χ1) is 25.3. The van der Waals surface area contributed by atoms with Gasteiger partial charge in [-0.25, -0.2) is 15.0 Å². The Bertz CT molecular complexity index is 2910. The zero-order valence-electron chi connectivity index (χ0n) is 27.5. The third-order valence-electron chi connectivity index (χ3n) is 9.66. The van der Waals surface area contributed by atoms with Crippen molar-refractivity contribution in [3.8, 4) is 56.3 Å². The molecule has 3 nitrogen and oxygen atoms in total. The lowest BCUT2D eigenvalue weighted by molar-refractivity contribution is 1.18. The molecule has 7 aromatic carbocycles. The summed E-state index contributed by atoms with van der Waals surface area (Å²) in [6.07, 6.45) is 0. The topological polar surface area (TPSA) is 38.7 Å². The van der Waals surface area contributed by atoms with E-state index in [2.05, 4.69) is 152 Å². The van der Waals surface area contributed by atoms with E-state index in [1.54, 1.807) is 0 Å². The summed E-state index contributed by atoms with van der Waals surface area (Å²) in [5, 5.41) is 6.17. The quantitative estimate of drug-likeness (QED) is 0.171. The lowest BCUT2D eigenvalue weighted by atomic mass is 9.96. The summed E-state index contributed by atoms with van der Waals surface area (Å²) >= 11 is 1.86. The molecule has 238 valence electrons. The minimum Gasteiger partial charge on any atom is -0.247 e. The van der Waals surface area contributed by atoms with Crippen LogP contribution in [0.5, 0.6) is 0 Å². The average Bonchev–Trinajstić information content (AvgIpc) is 3.60. The van der Waals surface area contributed by atoms with Crippen LogP contribution in [0.1, 0.15) is 0 Å². The second-order valence-electron chi connectivity index (χ2n) is 12.8. The molecule has 0 fully saturated rings. The van der Waals surface area contributed by atoms with Gasteiger partial charge in [0.1, 0.15) is 0 Å². The first kappa shape index (κ1) is 29.4. The first-order valence-electron chi connectivity index (χ1n) is 17.1. The Kier molecular flexibility index (Phi) is 7.00. The lowest BCUT2D eigenvalue weighted by Crippen LogP contribution is -1.96. The lowest BCUT2D eigenvalue weighted by Gasteiger charge is -2.13. The molecule has 0 amide bonds. The van der Waals surface area contributed by atoms with Gasteiger partial charge in [-0.2, -0.15) is 0 Å². The first-order valence-corrected chi connectivity index (χ1v) is 17.9. The molecule has 0 spiro atoms. The Morgan fingerprint density at radius 1 is 0.353 bits per heavy atom. The fourth-order valence-corrected chi connectivity index (χ4v) is 8.48. The molecule has 0 unspecified atom stereocenters. The fraction of sp³-hybridized carbons (Fsp3) is 0. The average molecular weight is 668 g/mol. The van der Waals surface area contributed by atoms with Crippen molar-refractivity contribution in [2.45, 2.75) is 0 Å². The molecule has 3 heterocycles. The molecule has 0 bridgehead atoms. The van der Waals surface area contributed by atoms with E-state index in [1.807, 2.05) is 35.6 Å². The minimum absolute atomic E-state index is 0.694. The minimum atomic E-state index is 0.694. The predicted molar refractivity (Wildman–Crippen MR) is 215 cm³/mol. The van der Waals surface area contributed by atoms with Crippen molar-refractivity contribution < 1.29 is 0 Å². The van der Waals surface area contributed by atoms with Crippen LogP contribution < -0.4 is 0 Å². The summed E-state index contributed by atoms with van der Waals surface area (Å²) in [6, 6.07) is 61.8. The van der Waals surface area contributed by atoms with Crippen LogP contribution in [0, 0.1) is 0 Å². The van der Waals surface area contributed by atoms with E-state index >= 15 is 0 Å². The number of rotatable bonds is 5. The SMILES string of the molecule is c1ccc(-c2cccc(-c3cc(-c4cccc(-c5nc6ccccc6c6c5ccc5c7ccccc7sc56)c4)nc(-c4ccccc4)n3)c2)cc1. The van der Waals surface area contributed by atoms with Crippen molar-refractivity contribution in [3.63, 3.8) is 0 Å². The van der Waals surface area contributed by atoms with Crippen molar-refractivity contribution >= 4 is 53.2 Å². The molecule has 0 saturated heterocycles. The van der Waals surface area contributed by atoms with Gasteiger partial charge in [-0.15, -0.1) is 11.3 Å². The van der Waals surface area contributed by atoms with Gasteiger partial charge >= 0.3 is 0 Å². The summed E-state index contributed by atoms with van der Waals surface area (Å²) < 4.78 is 2.60. The Labute approximate surface area is 299 Å². The molecule has 0 aliphatic rings. The highest BCUT2D eigenvalue weighted by molar-refractivity contribution is 7.26. The molecule has 3 aromatic heterocycles. The van der Waals surface area contributed by atoms with Gasteiger partial charge in [0, 0.05) is 58.6 Å². The number of fused-ring (bicyclic) bond motifs is 7. The molecule has 51 heavy (non-hydrogen) atoms. The molecule has 4 heteroatoms. The number of thiophene rings is 1. The summed E-state index contributed by atoms with van der Waals surface area (Å²) in [6.45, 7) is 0. The van der Waals surface area contributed by atoms with Gasteiger partial charge in [0.15, 0.2) is 5.82 Å². The smallest absolute Gasteiger partial charge is 0.160 e. The van der Waals surface area contributed by atoms with Crippen LogP contribution in [-0.4, -0.2) is 15.0 Å². The Morgan fingerprint density at radius 3 is 1.69 bits per heavy atom. The van der Waals surface area contributed by atoms with Gasteiger partial charge in [0.2, 0.25) is 0 Å². The number of benzene rings is 7. The van der Waals surface area contributed by atoms with E-state index in [0.717, 1.165) is 55.8 Å². The number of para-hydroxylation sites is 1. The molecular formula is C47H29N3S. The van der Waals surface area contributed by atoms with E-state index < -0.39 is 0 Å². The Hall–Kier alpha value is -6.49. The zero-order valence-corrected chi connectivity index (χ0v) is 28.3. The van der Waals surface area contributed by atoms with E-state index in [9.17, 15) is 0 Å². The summed E-state index contributed by atoms with van der Waals surface area (Å²) in [4.78, 5) is 15.6. The Balaban J connectivity index is 1.17. The molecule has 0 atom stereocenters. The molecule has 0 aliphatic heterocycles. The third kappa shape index (κ3) is 5.16. The standard InChI is InChI=1S/C47H29N3S/c1-3-13-30(14-4-1)32-17-11-18-33(27-32)41-29-42(50-47(49-41)31-15-5-2-6-16-31)34-19-12-20-35(28-34)45-39-26-25-37-36-21-8-10-24-43(36)51-46(37)44(39)38-22-7-9-23-40(38)48-45/h1-29H. The van der Waals surface area contributed by atoms with Crippen LogP contribution in [0.25, 0.3) is 98.1 Å². The maximum atomic E-state index is 5.31. The normalized spacial score (nSPS) is 11.5. The van der Waals surface area contributed by atoms with Crippen molar-refractivity contribution in [3.05, 3.63) is 176 Å². The van der Waals surface area contributed by atoms with Crippen LogP contribution in [0.2, 0.25) is 0 Å². The van der Waals surface area contributed by atoms with E-state index in [-0.39, 0.29) is 0 Å². The molecule has 0 N–H and O–H groups in total.